The molecule has 0 aliphatic heterocycles. The third-order valence-electron chi connectivity index (χ3n) is 3.62. The molecule has 0 aliphatic rings. The van der Waals surface area contributed by atoms with Gasteiger partial charge in [-0.2, -0.15) is 0 Å². The van der Waals surface area contributed by atoms with Crippen molar-refractivity contribution in [2.24, 2.45) is 5.92 Å². The zero-order valence-electron chi connectivity index (χ0n) is 14.3. The van der Waals surface area contributed by atoms with Crippen molar-refractivity contribution in [1.29, 1.82) is 0 Å². The lowest BCUT2D eigenvalue weighted by atomic mass is 9.94. The first-order valence-electron chi connectivity index (χ1n) is 7.76. The molecular formula is C16H19N3O6S. The molecule has 2 N–H and O–H groups in total. The van der Waals surface area contributed by atoms with Crippen LogP contribution in [-0.4, -0.2) is 52.7 Å². The number of aromatic nitrogens is 2. The van der Waals surface area contributed by atoms with Crippen LogP contribution in [0, 0.1) is 12.8 Å². The number of amides is 1. The van der Waals surface area contributed by atoms with Crippen molar-refractivity contribution in [3.63, 3.8) is 0 Å². The largest absolute Gasteiger partial charge is 0.481 e. The Labute approximate surface area is 153 Å². The van der Waals surface area contributed by atoms with Crippen LogP contribution in [-0.2, 0) is 20.7 Å². The van der Waals surface area contributed by atoms with Gasteiger partial charge in [0, 0.05) is 31.4 Å². The summed E-state index contributed by atoms with van der Waals surface area (Å²) in [6, 6.07) is 0.452. The van der Waals surface area contributed by atoms with Gasteiger partial charge in [0.1, 0.15) is 11.8 Å². The third-order valence-corrected chi connectivity index (χ3v) is 4.26. The minimum Gasteiger partial charge on any atom is -0.481 e. The molecule has 2 rings (SSSR count). The molecule has 2 heterocycles. The quantitative estimate of drug-likeness (QED) is 0.625. The average Bonchev–Trinajstić information content (AvgIpc) is 3.25. The first-order chi connectivity index (χ1) is 12.4. The fraction of sp³-hybridized carbons (Fsp3) is 0.438. The maximum Gasteiger partial charge on any atom is 0.307 e. The number of carbonyl (C=O) groups is 3. The molecule has 0 bridgehead atoms. The van der Waals surface area contributed by atoms with Gasteiger partial charge in [0.25, 0.3) is 5.91 Å². The number of hydrogen-bond acceptors (Lipinski definition) is 8. The van der Waals surface area contributed by atoms with Gasteiger partial charge in [0.15, 0.2) is 11.5 Å². The van der Waals surface area contributed by atoms with E-state index in [4.69, 9.17) is 9.26 Å². The Kier molecular flexibility index (Phi) is 6.98. The van der Waals surface area contributed by atoms with Crippen LogP contribution in [0.4, 0.5) is 0 Å². The maximum absolute atomic E-state index is 12.5. The summed E-state index contributed by atoms with van der Waals surface area (Å²) in [5.74, 6) is -2.61. The summed E-state index contributed by atoms with van der Waals surface area (Å²) < 4.78 is 9.81. The lowest BCUT2D eigenvalue weighted by molar-refractivity contribution is -0.144. The Hall–Kier alpha value is -2.59. The van der Waals surface area contributed by atoms with E-state index in [9.17, 15) is 19.5 Å². The Balaban J connectivity index is 2.03. The Bertz CT molecular complexity index is 758. The van der Waals surface area contributed by atoms with Crippen LogP contribution in [0.3, 0.4) is 0 Å². The molecule has 0 saturated heterocycles. The maximum atomic E-state index is 12.5. The van der Waals surface area contributed by atoms with Gasteiger partial charge in [-0.25, -0.2) is 4.98 Å². The van der Waals surface area contributed by atoms with Gasteiger partial charge in [0.05, 0.1) is 23.7 Å². The molecule has 9 nitrogen and oxygen atoms in total. The predicted molar refractivity (Wildman–Crippen MR) is 90.9 cm³/mol. The van der Waals surface area contributed by atoms with E-state index in [1.54, 1.807) is 17.8 Å². The molecule has 2 aromatic heterocycles. The molecule has 0 aromatic carbocycles. The van der Waals surface area contributed by atoms with Gasteiger partial charge >= 0.3 is 5.97 Å². The van der Waals surface area contributed by atoms with Crippen molar-refractivity contribution >= 4 is 29.0 Å². The van der Waals surface area contributed by atoms with E-state index in [0.29, 0.717) is 11.5 Å². The van der Waals surface area contributed by atoms with Crippen LogP contribution in [0.5, 0.6) is 0 Å². The molecule has 0 aliphatic carbocycles. The Morgan fingerprint density at radius 1 is 1.42 bits per heavy atom. The number of thiazole rings is 1. The van der Waals surface area contributed by atoms with E-state index >= 15 is 0 Å². The number of methoxy groups -OCH3 is 1. The number of aliphatic carboxylic acids is 1. The van der Waals surface area contributed by atoms with Crippen LogP contribution >= 0.6 is 11.3 Å². The average molecular weight is 381 g/mol. The minimum atomic E-state index is -1.10. The normalized spacial score (nSPS) is 13.2. The van der Waals surface area contributed by atoms with E-state index in [0.717, 1.165) is 0 Å². The van der Waals surface area contributed by atoms with Gasteiger partial charge in [-0.3, -0.25) is 14.4 Å². The summed E-state index contributed by atoms with van der Waals surface area (Å²) in [4.78, 5) is 40.2. The summed E-state index contributed by atoms with van der Waals surface area (Å²) in [6.07, 6.45) is -0.111. The van der Waals surface area contributed by atoms with E-state index in [1.165, 1.54) is 24.5 Å². The van der Waals surface area contributed by atoms with Crippen molar-refractivity contribution in [1.82, 2.24) is 15.5 Å². The SMILES string of the molecule is COC[C@H](NC(=O)c1cc(C)on1)C(=O)CC(Cc1cscn1)C(=O)O. The summed E-state index contributed by atoms with van der Waals surface area (Å²) in [6.45, 7) is 1.56. The number of nitrogens with zero attached hydrogens (tertiary/aromatic N) is 2. The molecule has 0 radical (unpaired) electrons. The van der Waals surface area contributed by atoms with Crippen LogP contribution in [0.15, 0.2) is 21.5 Å². The highest BCUT2D eigenvalue weighted by Crippen LogP contribution is 2.15. The summed E-state index contributed by atoms with van der Waals surface area (Å²) >= 11 is 1.35. The second kappa shape index (κ2) is 9.20. The highest BCUT2D eigenvalue weighted by atomic mass is 32.1. The van der Waals surface area contributed by atoms with Crippen molar-refractivity contribution < 1.29 is 28.8 Å². The highest BCUT2D eigenvalue weighted by Gasteiger charge is 2.29. The molecule has 26 heavy (non-hydrogen) atoms. The lowest BCUT2D eigenvalue weighted by Crippen LogP contribution is -2.45. The number of ether oxygens (including phenoxy) is 1. The Morgan fingerprint density at radius 2 is 2.19 bits per heavy atom. The van der Waals surface area contributed by atoms with Crippen LogP contribution in [0.1, 0.15) is 28.4 Å². The molecule has 2 aromatic rings. The molecule has 140 valence electrons. The molecule has 10 heteroatoms. The van der Waals surface area contributed by atoms with Crippen molar-refractivity contribution in [2.75, 3.05) is 13.7 Å². The van der Waals surface area contributed by atoms with Crippen molar-refractivity contribution in [3.8, 4) is 0 Å². The molecule has 0 spiro atoms. The van der Waals surface area contributed by atoms with Gasteiger partial charge in [-0.15, -0.1) is 11.3 Å². The molecule has 0 fully saturated rings. The predicted octanol–water partition coefficient (Wildman–Crippen LogP) is 1.09. The number of nitrogens with one attached hydrogen (secondary N) is 1. The van der Waals surface area contributed by atoms with Gasteiger partial charge in [-0.1, -0.05) is 5.16 Å². The zero-order valence-corrected chi connectivity index (χ0v) is 15.1. The summed E-state index contributed by atoms with van der Waals surface area (Å²) in [7, 11) is 1.39. The summed E-state index contributed by atoms with van der Waals surface area (Å²) in [5, 5.41) is 17.2. The van der Waals surface area contributed by atoms with E-state index < -0.39 is 29.6 Å². The minimum absolute atomic E-state index is 0.0358. The number of Topliss-reactive ketones (excluding diaryl/α,β-unsaturated/α-hetero) is 1. The molecule has 0 saturated carbocycles. The topological polar surface area (TPSA) is 132 Å². The lowest BCUT2D eigenvalue weighted by Gasteiger charge is -2.18. The number of carboxylic acids is 1. The fourth-order valence-corrected chi connectivity index (χ4v) is 2.88. The van der Waals surface area contributed by atoms with Gasteiger partial charge in [-0.05, 0) is 6.92 Å². The number of carbonyl (C=O) groups excluding carboxylic acids is 2. The van der Waals surface area contributed by atoms with Gasteiger partial charge in [0.2, 0.25) is 0 Å². The number of ketones is 1. The number of aryl methyl sites for hydroxylation is 1. The van der Waals surface area contributed by atoms with Crippen LogP contribution in [0.2, 0.25) is 0 Å². The van der Waals surface area contributed by atoms with E-state index in [-0.39, 0.29) is 25.1 Å². The monoisotopic (exact) mass is 381 g/mol. The number of hydrogen-bond donors (Lipinski definition) is 2. The van der Waals surface area contributed by atoms with Crippen molar-refractivity contribution in [3.05, 3.63) is 34.1 Å². The molecule has 1 amide bonds. The van der Waals surface area contributed by atoms with Crippen molar-refractivity contribution in [2.45, 2.75) is 25.8 Å². The first-order valence-corrected chi connectivity index (χ1v) is 8.70. The Morgan fingerprint density at radius 3 is 2.73 bits per heavy atom. The standard InChI is InChI=1S/C16H19N3O6S/c1-9-3-12(19-25-9)15(21)18-13(6-24-2)14(20)5-10(16(22)23)4-11-7-26-8-17-11/h3,7-8,10,13H,4-6H2,1-2H3,(H,18,21)(H,22,23)/t10?,13-/m0/s1. The van der Waals surface area contributed by atoms with E-state index in [2.05, 4.69) is 15.5 Å². The molecule has 2 atom stereocenters. The second-order valence-corrected chi connectivity index (χ2v) is 6.41. The smallest absolute Gasteiger partial charge is 0.307 e. The van der Waals surface area contributed by atoms with Gasteiger partial charge < -0.3 is 19.7 Å². The molecule has 1 unspecified atom stereocenters. The number of carboxylic acid groups (broad SMARTS) is 1. The zero-order chi connectivity index (χ0) is 19.1. The fourth-order valence-electron chi connectivity index (χ4n) is 2.31. The molecular weight excluding hydrogens is 362 g/mol. The highest BCUT2D eigenvalue weighted by molar-refractivity contribution is 7.07. The first kappa shape index (κ1) is 19.7. The summed E-state index contributed by atoms with van der Waals surface area (Å²) in [5.41, 5.74) is 2.25. The third kappa shape index (κ3) is 5.46. The van der Waals surface area contributed by atoms with E-state index in [1.807, 2.05) is 0 Å². The second-order valence-electron chi connectivity index (χ2n) is 5.69. The number of rotatable bonds is 10. The van der Waals surface area contributed by atoms with Crippen LogP contribution < -0.4 is 5.32 Å². The van der Waals surface area contributed by atoms with Crippen LogP contribution in [0.25, 0.3) is 0 Å².